The zero-order valence-electron chi connectivity index (χ0n) is 15.5. The lowest BCUT2D eigenvalue weighted by molar-refractivity contribution is 0.708. The lowest BCUT2D eigenvalue weighted by Crippen LogP contribution is -2.16. The third-order valence-corrected chi connectivity index (χ3v) is 5.24. The summed E-state index contributed by atoms with van der Waals surface area (Å²) in [5, 5.41) is 6.93. The van der Waals surface area contributed by atoms with Crippen molar-refractivity contribution in [1.29, 1.82) is 0 Å². The fourth-order valence-corrected chi connectivity index (χ4v) is 3.57. The monoisotopic (exact) mass is 350 g/mol. The summed E-state index contributed by atoms with van der Waals surface area (Å²) in [4.78, 5) is 17.1. The molecule has 6 nitrogen and oxygen atoms in total. The summed E-state index contributed by atoms with van der Waals surface area (Å²) in [7, 11) is 0. The molecule has 4 rings (SSSR count). The number of hydrogen-bond donors (Lipinski definition) is 3. The molecule has 3 aromatic rings. The summed E-state index contributed by atoms with van der Waals surface area (Å²) in [5.41, 5.74) is 7.23. The Kier molecular flexibility index (Phi) is 4.84. The van der Waals surface area contributed by atoms with Crippen LogP contribution in [0.15, 0.2) is 18.5 Å². The van der Waals surface area contributed by atoms with E-state index in [1.807, 2.05) is 0 Å². The Morgan fingerprint density at radius 2 is 2.00 bits per heavy atom. The normalized spacial score (nSPS) is 14.2. The second-order valence-corrected chi connectivity index (χ2v) is 7.01. The van der Waals surface area contributed by atoms with Gasteiger partial charge in [-0.2, -0.15) is 0 Å². The molecule has 2 aromatic heterocycles. The first kappa shape index (κ1) is 17.0. The number of benzene rings is 1. The highest BCUT2D eigenvalue weighted by Crippen LogP contribution is 2.20. The summed E-state index contributed by atoms with van der Waals surface area (Å²) in [6.07, 6.45) is 5.58. The summed E-state index contributed by atoms with van der Waals surface area (Å²) in [5.74, 6) is 2.05. The zero-order valence-corrected chi connectivity index (χ0v) is 15.5. The van der Waals surface area contributed by atoms with E-state index in [0.29, 0.717) is 0 Å². The van der Waals surface area contributed by atoms with E-state index in [0.717, 1.165) is 68.0 Å². The van der Waals surface area contributed by atoms with Crippen LogP contribution in [0.1, 0.15) is 34.6 Å². The third kappa shape index (κ3) is 3.42. The van der Waals surface area contributed by atoms with Gasteiger partial charge in [0.15, 0.2) is 0 Å². The predicted molar refractivity (Wildman–Crippen MR) is 105 cm³/mol. The van der Waals surface area contributed by atoms with Crippen molar-refractivity contribution in [3.05, 3.63) is 46.7 Å². The highest BCUT2D eigenvalue weighted by Gasteiger charge is 2.13. The first-order valence-corrected chi connectivity index (χ1v) is 9.44. The molecule has 0 saturated carbocycles. The van der Waals surface area contributed by atoms with Crippen LogP contribution in [0.3, 0.4) is 0 Å². The van der Waals surface area contributed by atoms with Gasteiger partial charge in [0.05, 0.1) is 16.7 Å². The molecule has 0 bridgehead atoms. The van der Waals surface area contributed by atoms with E-state index in [4.69, 9.17) is 4.98 Å². The first-order chi connectivity index (χ1) is 12.7. The number of fused-ring (bicyclic) bond motifs is 2. The minimum atomic E-state index is 0.881. The SMILES string of the molecule is Cc1ccc2[nH]c(CCCNc3ncnc4c3CCNCC4)nc2c1C. The molecular formula is C20H26N6. The molecule has 0 fully saturated rings. The van der Waals surface area contributed by atoms with E-state index in [-0.39, 0.29) is 0 Å². The van der Waals surface area contributed by atoms with E-state index < -0.39 is 0 Å². The van der Waals surface area contributed by atoms with E-state index in [2.05, 4.69) is 51.6 Å². The van der Waals surface area contributed by atoms with E-state index in [9.17, 15) is 0 Å². The van der Waals surface area contributed by atoms with Gasteiger partial charge in [-0.1, -0.05) is 6.07 Å². The molecule has 3 N–H and O–H groups in total. The number of aromatic amines is 1. The lowest BCUT2D eigenvalue weighted by Gasteiger charge is -2.11. The Balaban J connectivity index is 1.38. The Hall–Kier alpha value is -2.47. The number of rotatable bonds is 5. The lowest BCUT2D eigenvalue weighted by atomic mass is 10.1. The number of nitrogens with zero attached hydrogens (tertiary/aromatic N) is 3. The van der Waals surface area contributed by atoms with E-state index in [1.165, 1.54) is 22.4 Å². The van der Waals surface area contributed by atoms with Crippen LogP contribution in [0, 0.1) is 13.8 Å². The molecule has 0 spiro atoms. The second kappa shape index (κ2) is 7.41. The van der Waals surface area contributed by atoms with Crippen molar-refractivity contribution in [3.63, 3.8) is 0 Å². The Morgan fingerprint density at radius 3 is 2.92 bits per heavy atom. The van der Waals surface area contributed by atoms with Crippen molar-refractivity contribution >= 4 is 16.9 Å². The number of H-pyrrole nitrogens is 1. The smallest absolute Gasteiger partial charge is 0.132 e. The molecule has 1 aromatic carbocycles. The molecule has 0 amide bonds. The summed E-state index contributed by atoms with van der Waals surface area (Å²) in [6.45, 7) is 7.14. The van der Waals surface area contributed by atoms with Gasteiger partial charge in [-0.05, 0) is 50.4 Å². The number of anilines is 1. The third-order valence-electron chi connectivity index (χ3n) is 5.24. The van der Waals surface area contributed by atoms with Crippen molar-refractivity contribution in [1.82, 2.24) is 25.3 Å². The van der Waals surface area contributed by atoms with Gasteiger partial charge in [0, 0.05) is 31.5 Å². The van der Waals surface area contributed by atoms with Crippen LogP contribution >= 0.6 is 0 Å². The summed E-state index contributed by atoms with van der Waals surface area (Å²) in [6, 6.07) is 4.27. The highest BCUT2D eigenvalue weighted by atomic mass is 15.0. The van der Waals surface area contributed by atoms with Crippen LogP contribution in [-0.2, 0) is 19.3 Å². The Bertz CT molecular complexity index is 914. The van der Waals surface area contributed by atoms with Gasteiger partial charge >= 0.3 is 0 Å². The average Bonchev–Trinajstić information content (AvgIpc) is 2.91. The van der Waals surface area contributed by atoms with Gasteiger partial charge in [-0.25, -0.2) is 15.0 Å². The van der Waals surface area contributed by atoms with Crippen molar-refractivity contribution in [2.45, 2.75) is 39.5 Å². The van der Waals surface area contributed by atoms with Crippen molar-refractivity contribution in [2.75, 3.05) is 25.0 Å². The van der Waals surface area contributed by atoms with E-state index in [1.54, 1.807) is 6.33 Å². The van der Waals surface area contributed by atoms with Gasteiger partial charge in [-0.15, -0.1) is 0 Å². The number of aryl methyl sites for hydroxylation is 3. The van der Waals surface area contributed by atoms with Gasteiger partial charge in [0.1, 0.15) is 18.0 Å². The fraction of sp³-hybridized carbons (Fsp3) is 0.450. The quantitative estimate of drug-likeness (QED) is 0.617. The Morgan fingerprint density at radius 1 is 1.12 bits per heavy atom. The van der Waals surface area contributed by atoms with Crippen LogP contribution in [-0.4, -0.2) is 39.6 Å². The van der Waals surface area contributed by atoms with Gasteiger partial charge in [0.25, 0.3) is 0 Å². The maximum absolute atomic E-state index is 4.78. The summed E-state index contributed by atoms with van der Waals surface area (Å²) >= 11 is 0. The van der Waals surface area contributed by atoms with Gasteiger partial charge in [0.2, 0.25) is 0 Å². The molecule has 0 radical (unpaired) electrons. The molecule has 1 aliphatic heterocycles. The molecule has 0 atom stereocenters. The molecule has 0 aliphatic carbocycles. The fourth-order valence-electron chi connectivity index (χ4n) is 3.57. The molecule has 0 unspecified atom stereocenters. The molecule has 3 heterocycles. The summed E-state index contributed by atoms with van der Waals surface area (Å²) < 4.78 is 0. The molecule has 1 aliphatic rings. The van der Waals surface area contributed by atoms with Gasteiger partial charge < -0.3 is 15.6 Å². The van der Waals surface area contributed by atoms with E-state index >= 15 is 0 Å². The molecule has 26 heavy (non-hydrogen) atoms. The second-order valence-electron chi connectivity index (χ2n) is 7.01. The molecule has 0 saturated heterocycles. The van der Waals surface area contributed by atoms with Crippen molar-refractivity contribution in [3.8, 4) is 0 Å². The molecule has 6 heteroatoms. The average molecular weight is 350 g/mol. The van der Waals surface area contributed by atoms with Crippen LogP contribution < -0.4 is 10.6 Å². The largest absolute Gasteiger partial charge is 0.370 e. The highest BCUT2D eigenvalue weighted by molar-refractivity contribution is 5.79. The van der Waals surface area contributed by atoms with Crippen LogP contribution in [0.4, 0.5) is 5.82 Å². The standard InChI is InChI=1S/C20H26N6/c1-13-5-6-17-19(14(13)2)26-18(25-17)4-3-9-22-20-15-7-10-21-11-8-16(15)23-12-24-20/h5-6,12,21H,3-4,7-11H2,1-2H3,(H,25,26)(H,22,23,24). The maximum atomic E-state index is 4.78. The van der Waals surface area contributed by atoms with Crippen molar-refractivity contribution < 1.29 is 0 Å². The first-order valence-electron chi connectivity index (χ1n) is 9.44. The number of nitrogens with one attached hydrogen (secondary N) is 3. The minimum absolute atomic E-state index is 0.881. The van der Waals surface area contributed by atoms with Crippen LogP contribution in [0.5, 0.6) is 0 Å². The molecular weight excluding hydrogens is 324 g/mol. The Labute approximate surface area is 153 Å². The minimum Gasteiger partial charge on any atom is -0.370 e. The molecule has 136 valence electrons. The number of imidazole rings is 1. The number of aromatic nitrogens is 4. The zero-order chi connectivity index (χ0) is 17.9. The van der Waals surface area contributed by atoms with Crippen molar-refractivity contribution in [2.24, 2.45) is 0 Å². The van der Waals surface area contributed by atoms with Crippen LogP contribution in [0.2, 0.25) is 0 Å². The van der Waals surface area contributed by atoms with Crippen LogP contribution in [0.25, 0.3) is 11.0 Å². The van der Waals surface area contributed by atoms with Gasteiger partial charge in [-0.3, -0.25) is 0 Å². The maximum Gasteiger partial charge on any atom is 0.132 e. The number of hydrogen-bond acceptors (Lipinski definition) is 5. The predicted octanol–water partition coefficient (Wildman–Crippen LogP) is 2.70. The topological polar surface area (TPSA) is 78.5 Å².